The van der Waals surface area contributed by atoms with Crippen molar-refractivity contribution in [3.8, 4) is 0 Å². The minimum atomic E-state index is -0.684. The van der Waals surface area contributed by atoms with Gasteiger partial charge in [-0.05, 0) is 24.6 Å². The summed E-state index contributed by atoms with van der Waals surface area (Å²) in [5, 5.41) is 2.49. The summed E-state index contributed by atoms with van der Waals surface area (Å²) in [6.45, 7) is 3.48. The van der Waals surface area contributed by atoms with Crippen LogP contribution in [-0.2, 0) is 4.79 Å². The van der Waals surface area contributed by atoms with E-state index >= 15 is 0 Å². The molecule has 0 heterocycles. The summed E-state index contributed by atoms with van der Waals surface area (Å²) in [6, 6.07) is 3.33. The Balaban J connectivity index is 2.69. The lowest BCUT2D eigenvalue weighted by molar-refractivity contribution is -0.117. The highest BCUT2D eigenvalue weighted by molar-refractivity contribution is 6.30. The van der Waals surface area contributed by atoms with Crippen LogP contribution in [0.3, 0.4) is 0 Å². The van der Waals surface area contributed by atoms with E-state index in [0.717, 1.165) is 6.07 Å². The standard InChI is InChI=1S/C11H12ClFN2O/c1-2-3-10(14)11(16)15-7-4-5-8(12)9(13)6-7/h2,4-6,10H,1,3,14H2,(H,15,16). The Morgan fingerprint density at radius 2 is 2.38 bits per heavy atom. The van der Waals surface area contributed by atoms with Crippen molar-refractivity contribution >= 4 is 23.2 Å². The van der Waals surface area contributed by atoms with Crippen LogP contribution in [-0.4, -0.2) is 11.9 Å². The summed E-state index contributed by atoms with van der Waals surface area (Å²) >= 11 is 5.50. The number of hydrogen-bond acceptors (Lipinski definition) is 2. The number of hydrogen-bond donors (Lipinski definition) is 2. The smallest absolute Gasteiger partial charge is 0.241 e. The number of anilines is 1. The quantitative estimate of drug-likeness (QED) is 0.797. The summed E-state index contributed by atoms with van der Waals surface area (Å²) in [5.41, 5.74) is 5.87. The summed E-state index contributed by atoms with van der Waals surface area (Å²) in [7, 11) is 0. The van der Waals surface area contributed by atoms with E-state index in [9.17, 15) is 9.18 Å². The van der Waals surface area contributed by atoms with Gasteiger partial charge in [-0.2, -0.15) is 0 Å². The van der Waals surface area contributed by atoms with Crippen molar-refractivity contribution in [3.63, 3.8) is 0 Å². The maximum Gasteiger partial charge on any atom is 0.241 e. The van der Waals surface area contributed by atoms with E-state index in [-0.39, 0.29) is 10.9 Å². The molecule has 0 spiro atoms. The molecule has 0 radical (unpaired) electrons. The molecule has 1 rings (SSSR count). The lowest BCUT2D eigenvalue weighted by Gasteiger charge is -2.10. The maximum absolute atomic E-state index is 13.0. The Morgan fingerprint density at radius 3 is 2.94 bits per heavy atom. The molecule has 0 aliphatic heterocycles. The molecular formula is C11H12ClFN2O. The third-order valence-electron chi connectivity index (χ3n) is 1.94. The average molecular weight is 243 g/mol. The van der Waals surface area contributed by atoms with Crippen LogP contribution in [0.4, 0.5) is 10.1 Å². The van der Waals surface area contributed by atoms with E-state index in [0.29, 0.717) is 12.1 Å². The number of amides is 1. The maximum atomic E-state index is 13.0. The molecule has 0 saturated carbocycles. The highest BCUT2D eigenvalue weighted by atomic mass is 35.5. The Kier molecular flexibility index (Phi) is 4.46. The largest absolute Gasteiger partial charge is 0.325 e. The fourth-order valence-corrected chi connectivity index (χ4v) is 1.21. The SMILES string of the molecule is C=CCC(N)C(=O)Nc1ccc(Cl)c(F)c1. The third-order valence-corrected chi connectivity index (χ3v) is 2.25. The first kappa shape index (κ1) is 12.7. The Bertz CT molecular complexity index is 409. The summed E-state index contributed by atoms with van der Waals surface area (Å²) in [6.07, 6.45) is 1.91. The van der Waals surface area contributed by atoms with Crippen molar-refractivity contribution in [2.75, 3.05) is 5.32 Å². The lowest BCUT2D eigenvalue weighted by Crippen LogP contribution is -2.35. The monoisotopic (exact) mass is 242 g/mol. The van der Waals surface area contributed by atoms with Gasteiger partial charge in [-0.15, -0.1) is 6.58 Å². The number of rotatable bonds is 4. The molecule has 86 valence electrons. The normalized spacial score (nSPS) is 11.9. The zero-order valence-corrected chi connectivity index (χ0v) is 9.30. The number of nitrogens with one attached hydrogen (secondary N) is 1. The van der Waals surface area contributed by atoms with E-state index < -0.39 is 11.9 Å². The second-order valence-electron chi connectivity index (χ2n) is 3.25. The Labute approximate surface area is 98.1 Å². The molecule has 0 saturated heterocycles. The van der Waals surface area contributed by atoms with Gasteiger partial charge < -0.3 is 11.1 Å². The first-order valence-electron chi connectivity index (χ1n) is 4.67. The molecule has 16 heavy (non-hydrogen) atoms. The number of nitrogens with two attached hydrogens (primary N) is 1. The van der Waals surface area contributed by atoms with E-state index in [1.807, 2.05) is 0 Å². The van der Waals surface area contributed by atoms with Gasteiger partial charge in [0.05, 0.1) is 11.1 Å². The highest BCUT2D eigenvalue weighted by Crippen LogP contribution is 2.18. The molecule has 0 aliphatic carbocycles. The van der Waals surface area contributed by atoms with Gasteiger partial charge in [0.1, 0.15) is 5.82 Å². The molecule has 1 atom stereocenters. The minimum absolute atomic E-state index is 0.00777. The number of carbonyl (C=O) groups excluding carboxylic acids is 1. The van der Waals surface area contributed by atoms with Crippen LogP contribution >= 0.6 is 11.6 Å². The molecule has 0 bridgehead atoms. The van der Waals surface area contributed by atoms with E-state index in [1.54, 1.807) is 6.08 Å². The van der Waals surface area contributed by atoms with Crippen LogP contribution in [0.2, 0.25) is 5.02 Å². The van der Waals surface area contributed by atoms with E-state index in [2.05, 4.69) is 11.9 Å². The zero-order chi connectivity index (χ0) is 12.1. The van der Waals surface area contributed by atoms with E-state index in [1.165, 1.54) is 12.1 Å². The minimum Gasteiger partial charge on any atom is -0.325 e. The van der Waals surface area contributed by atoms with Crippen molar-refractivity contribution in [1.29, 1.82) is 0 Å². The molecule has 3 N–H and O–H groups in total. The molecule has 1 aromatic rings. The number of carbonyl (C=O) groups is 1. The van der Waals surface area contributed by atoms with Crippen molar-refractivity contribution in [2.24, 2.45) is 5.73 Å². The predicted molar refractivity (Wildman–Crippen MR) is 62.8 cm³/mol. The number of benzene rings is 1. The van der Waals surface area contributed by atoms with Gasteiger partial charge in [0.15, 0.2) is 0 Å². The Hall–Kier alpha value is -1.39. The van der Waals surface area contributed by atoms with Gasteiger partial charge in [0.2, 0.25) is 5.91 Å². The van der Waals surface area contributed by atoms with Crippen molar-refractivity contribution < 1.29 is 9.18 Å². The molecular weight excluding hydrogens is 231 g/mol. The lowest BCUT2D eigenvalue weighted by atomic mass is 10.2. The molecule has 0 aromatic heterocycles. The average Bonchev–Trinajstić information content (AvgIpc) is 2.24. The van der Waals surface area contributed by atoms with Gasteiger partial charge in [-0.1, -0.05) is 17.7 Å². The van der Waals surface area contributed by atoms with Gasteiger partial charge in [-0.3, -0.25) is 4.79 Å². The molecule has 0 fully saturated rings. The molecule has 0 aliphatic rings. The molecule has 1 aromatic carbocycles. The molecule has 1 unspecified atom stereocenters. The van der Waals surface area contributed by atoms with Gasteiger partial charge in [0.25, 0.3) is 0 Å². The fraction of sp³-hybridized carbons (Fsp3) is 0.182. The van der Waals surface area contributed by atoms with Crippen LogP contribution in [0.15, 0.2) is 30.9 Å². The van der Waals surface area contributed by atoms with Crippen LogP contribution in [0.1, 0.15) is 6.42 Å². The highest BCUT2D eigenvalue weighted by Gasteiger charge is 2.12. The van der Waals surface area contributed by atoms with E-state index in [4.69, 9.17) is 17.3 Å². The van der Waals surface area contributed by atoms with Crippen LogP contribution in [0.5, 0.6) is 0 Å². The predicted octanol–water partition coefficient (Wildman–Crippen LogP) is 2.32. The van der Waals surface area contributed by atoms with Gasteiger partial charge >= 0.3 is 0 Å². The fourth-order valence-electron chi connectivity index (χ4n) is 1.10. The summed E-state index contributed by atoms with van der Waals surface area (Å²) in [4.78, 5) is 11.5. The van der Waals surface area contributed by atoms with Crippen LogP contribution in [0, 0.1) is 5.82 Å². The van der Waals surface area contributed by atoms with Crippen LogP contribution in [0.25, 0.3) is 0 Å². The molecule has 1 amide bonds. The third kappa shape index (κ3) is 3.32. The topological polar surface area (TPSA) is 55.1 Å². The first-order chi connectivity index (χ1) is 7.54. The zero-order valence-electron chi connectivity index (χ0n) is 8.54. The van der Waals surface area contributed by atoms with Crippen molar-refractivity contribution in [2.45, 2.75) is 12.5 Å². The molecule has 5 heteroatoms. The van der Waals surface area contributed by atoms with Gasteiger partial charge in [0, 0.05) is 5.69 Å². The second-order valence-corrected chi connectivity index (χ2v) is 3.66. The second kappa shape index (κ2) is 5.63. The number of halogens is 2. The van der Waals surface area contributed by atoms with Crippen molar-refractivity contribution in [1.82, 2.24) is 0 Å². The van der Waals surface area contributed by atoms with Crippen molar-refractivity contribution in [3.05, 3.63) is 41.7 Å². The first-order valence-corrected chi connectivity index (χ1v) is 5.04. The molecule has 3 nitrogen and oxygen atoms in total. The summed E-state index contributed by atoms with van der Waals surface area (Å²) < 4.78 is 13.0. The Morgan fingerprint density at radius 1 is 1.69 bits per heavy atom. The summed E-state index contributed by atoms with van der Waals surface area (Å²) in [5.74, 6) is -0.974. The van der Waals surface area contributed by atoms with Crippen LogP contribution < -0.4 is 11.1 Å². The van der Waals surface area contributed by atoms with Gasteiger partial charge in [-0.25, -0.2) is 4.39 Å².